The molecule has 1 fully saturated rings. The summed E-state index contributed by atoms with van der Waals surface area (Å²) in [6.45, 7) is 0.942. The molecule has 3 aromatic rings. The first-order valence-corrected chi connectivity index (χ1v) is 10.5. The maximum absolute atomic E-state index is 13.1. The van der Waals surface area contributed by atoms with Crippen molar-refractivity contribution in [1.82, 2.24) is 20.5 Å². The lowest BCUT2D eigenvalue weighted by Gasteiger charge is -2.24. The van der Waals surface area contributed by atoms with Crippen LogP contribution in [0.1, 0.15) is 33.6 Å². The maximum atomic E-state index is 13.1. The molecule has 2 heterocycles. The molecule has 8 heteroatoms. The number of aromatic hydroxyl groups is 1. The highest BCUT2D eigenvalue weighted by molar-refractivity contribution is 6.05. The summed E-state index contributed by atoms with van der Waals surface area (Å²) in [4.78, 5) is 43.3. The van der Waals surface area contributed by atoms with Crippen LogP contribution < -0.4 is 10.6 Å². The van der Waals surface area contributed by atoms with E-state index in [1.165, 1.54) is 11.1 Å². The molecular weight excluding hydrogens is 408 g/mol. The third-order valence-corrected chi connectivity index (χ3v) is 5.58. The molecule has 4 rings (SSSR count). The number of nitrogens with one attached hydrogen (secondary N) is 2. The Bertz CT molecular complexity index is 1150. The van der Waals surface area contributed by atoms with Crippen LogP contribution in [0.15, 0.2) is 60.9 Å². The standard InChI is InChI=1S/C24H24N4O4/c29-21-18-7-2-1-5-16(18)9-10-19(21)24(32)28-14-4-8-20(28)23(31)27-13-12-26-22(30)17-6-3-11-25-15-17/h1-3,5-7,9-11,15,20,29H,4,8,12-14H2,(H,26,30)(H,27,31). The number of aromatic nitrogens is 1. The lowest BCUT2D eigenvalue weighted by Crippen LogP contribution is -2.47. The minimum atomic E-state index is -0.609. The molecule has 3 N–H and O–H groups in total. The molecule has 1 atom stereocenters. The van der Waals surface area contributed by atoms with Crippen molar-refractivity contribution in [2.24, 2.45) is 0 Å². The number of phenols is 1. The number of hydrogen-bond acceptors (Lipinski definition) is 5. The predicted molar refractivity (Wildman–Crippen MR) is 119 cm³/mol. The number of fused-ring (bicyclic) bond motifs is 1. The van der Waals surface area contributed by atoms with Gasteiger partial charge in [0.2, 0.25) is 5.91 Å². The minimum Gasteiger partial charge on any atom is -0.506 e. The number of pyridine rings is 1. The zero-order valence-electron chi connectivity index (χ0n) is 17.5. The molecule has 8 nitrogen and oxygen atoms in total. The lowest BCUT2D eigenvalue weighted by molar-refractivity contribution is -0.124. The van der Waals surface area contributed by atoms with Gasteiger partial charge in [0.05, 0.1) is 11.1 Å². The van der Waals surface area contributed by atoms with E-state index >= 15 is 0 Å². The zero-order valence-corrected chi connectivity index (χ0v) is 17.5. The Morgan fingerprint density at radius 1 is 1.03 bits per heavy atom. The van der Waals surface area contributed by atoms with Crippen molar-refractivity contribution in [3.05, 3.63) is 72.1 Å². The van der Waals surface area contributed by atoms with Crippen molar-refractivity contribution in [2.75, 3.05) is 19.6 Å². The summed E-state index contributed by atoms with van der Waals surface area (Å²) in [5, 5.41) is 17.6. The lowest BCUT2D eigenvalue weighted by atomic mass is 10.0. The Morgan fingerprint density at radius 2 is 1.84 bits per heavy atom. The number of carbonyl (C=O) groups excluding carboxylic acids is 3. The molecule has 0 bridgehead atoms. The van der Waals surface area contributed by atoms with Crippen molar-refractivity contribution in [1.29, 1.82) is 0 Å². The van der Waals surface area contributed by atoms with Gasteiger partial charge in [0.15, 0.2) is 0 Å². The monoisotopic (exact) mass is 432 g/mol. The van der Waals surface area contributed by atoms with Crippen molar-refractivity contribution < 1.29 is 19.5 Å². The highest BCUT2D eigenvalue weighted by atomic mass is 16.3. The normalized spacial score (nSPS) is 15.5. The zero-order chi connectivity index (χ0) is 22.5. The van der Waals surface area contributed by atoms with Crippen LogP contribution in [0, 0.1) is 0 Å². The van der Waals surface area contributed by atoms with Gasteiger partial charge in [-0.15, -0.1) is 0 Å². The van der Waals surface area contributed by atoms with Gasteiger partial charge >= 0.3 is 0 Å². The van der Waals surface area contributed by atoms with Gasteiger partial charge in [0, 0.05) is 37.4 Å². The second kappa shape index (κ2) is 9.47. The van der Waals surface area contributed by atoms with Gasteiger partial charge in [-0.3, -0.25) is 19.4 Å². The maximum Gasteiger partial charge on any atom is 0.258 e. The number of rotatable bonds is 6. The van der Waals surface area contributed by atoms with E-state index in [1.54, 1.807) is 42.6 Å². The van der Waals surface area contributed by atoms with Crippen LogP contribution in [0.2, 0.25) is 0 Å². The average Bonchev–Trinajstić information content (AvgIpc) is 3.32. The number of amides is 3. The summed E-state index contributed by atoms with van der Waals surface area (Å²) in [5.74, 6) is -0.975. The average molecular weight is 432 g/mol. The van der Waals surface area contributed by atoms with Gasteiger partial charge in [-0.05, 0) is 36.4 Å². The molecule has 0 spiro atoms. The predicted octanol–water partition coefficient (Wildman–Crippen LogP) is 2.09. The topological polar surface area (TPSA) is 112 Å². The Balaban J connectivity index is 1.36. The molecular formula is C24H24N4O4. The molecule has 3 amide bonds. The molecule has 1 aromatic heterocycles. The van der Waals surface area contributed by atoms with Crippen molar-refractivity contribution in [2.45, 2.75) is 18.9 Å². The fourth-order valence-electron chi connectivity index (χ4n) is 3.94. The number of benzene rings is 2. The van der Waals surface area contributed by atoms with Crippen LogP contribution in [0.5, 0.6) is 5.75 Å². The summed E-state index contributed by atoms with van der Waals surface area (Å²) in [6, 6.07) is 13.4. The Hall–Kier alpha value is -3.94. The Labute approximate surface area is 185 Å². The number of phenolic OH excluding ortho intramolecular Hbond substituents is 1. The fraction of sp³-hybridized carbons (Fsp3) is 0.250. The van der Waals surface area contributed by atoms with E-state index in [0.717, 1.165) is 5.39 Å². The van der Waals surface area contributed by atoms with Gasteiger partial charge in [-0.2, -0.15) is 0 Å². The molecule has 0 saturated carbocycles. The van der Waals surface area contributed by atoms with E-state index in [-0.39, 0.29) is 42.1 Å². The van der Waals surface area contributed by atoms with Crippen LogP contribution >= 0.6 is 0 Å². The number of likely N-dealkylation sites (tertiary alicyclic amines) is 1. The minimum absolute atomic E-state index is 0.0720. The quantitative estimate of drug-likeness (QED) is 0.517. The third kappa shape index (κ3) is 4.39. The van der Waals surface area contributed by atoms with E-state index < -0.39 is 6.04 Å². The number of nitrogens with zero attached hydrogens (tertiary/aromatic N) is 2. The summed E-state index contributed by atoms with van der Waals surface area (Å²) < 4.78 is 0. The van der Waals surface area contributed by atoms with E-state index in [1.807, 2.05) is 12.1 Å². The summed E-state index contributed by atoms with van der Waals surface area (Å²) in [7, 11) is 0. The fourth-order valence-corrected chi connectivity index (χ4v) is 3.94. The van der Waals surface area contributed by atoms with Gasteiger partial charge < -0.3 is 20.6 Å². The molecule has 0 radical (unpaired) electrons. The summed E-state index contributed by atoms with van der Waals surface area (Å²) in [5.41, 5.74) is 0.633. The van der Waals surface area contributed by atoms with Gasteiger partial charge in [-0.25, -0.2) is 0 Å². The van der Waals surface area contributed by atoms with Crippen LogP contribution in [-0.4, -0.2) is 58.4 Å². The van der Waals surface area contributed by atoms with Crippen LogP contribution in [0.4, 0.5) is 0 Å². The third-order valence-electron chi connectivity index (χ3n) is 5.58. The smallest absolute Gasteiger partial charge is 0.258 e. The first-order valence-electron chi connectivity index (χ1n) is 10.5. The van der Waals surface area contributed by atoms with E-state index in [2.05, 4.69) is 15.6 Å². The summed E-state index contributed by atoms with van der Waals surface area (Å²) in [6.07, 6.45) is 4.31. The second-order valence-corrected chi connectivity index (χ2v) is 7.63. The molecule has 2 aromatic carbocycles. The van der Waals surface area contributed by atoms with E-state index in [4.69, 9.17) is 0 Å². The van der Waals surface area contributed by atoms with Crippen LogP contribution in [0.25, 0.3) is 10.8 Å². The van der Waals surface area contributed by atoms with Crippen LogP contribution in [-0.2, 0) is 4.79 Å². The second-order valence-electron chi connectivity index (χ2n) is 7.63. The van der Waals surface area contributed by atoms with E-state index in [9.17, 15) is 19.5 Å². The highest BCUT2D eigenvalue weighted by Gasteiger charge is 2.35. The summed E-state index contributed by atoms with van der Waals surface area (Å²) >= 11 is 0. The molecule has 1 saturated heterocycles. The molecule has 1 aliphatic heterocycles. The van der Waals surface area contributed by atoms with Gasteiger partial charge in [0.1, 0.15) is 11.8 Å². The number of carbonyl (C=O) groups is 3. The molecule has 1 unspecified atom stereocenters. The highest BCUT2D eigenvalue weighted by Crippen LogP contribution is 2.31. The number of hydrogen-bond donors (Lipinski definition) is 3. The molecule has 32 heavy (non-hydrogen) atoms. The van der Waals surface area contributed by atoms with E-state index in [0.29, 0.717) is 30.3 Å². The molecule has 1 aliphatic rings. The van der Waals surface area contributed by atoms with Gasteiger partial charge in [0.25, 0.3) is 11.8 Å². The van der Waals surface area contributed by atoms with Crippen molar-refractivity contribution in [3.63, 3.8) is 0 Å². The van der Waals surface area contributed by atoms with Crippen LogP contribution in [0.3, 0.4) is 0 Å². The first-order chi connectivity index (χ1) is 15.6. The van der Waals surface area contributed by atoms with Gasteiger partial charge in [-0.1, -0.05) is 30.3 Å². The largest absolute Gasteiger partial charge is 0.506 e. The van der Waals surface area contributed by atoms with Crippen molar-refractivity contribution >= 4 is 28.5 Å². The Morgan fingerprint density at radius 3 is 2.66 bits per heavy atom. The Kier molecular flexibility index (Phi) is 6.30. The first kappa shape index (κ1) is 21.3. The molecule has 164 valence electrons. The SMILES string of the molecule is O=C(NCCNC(=O)C1CCCN1C(=O)c1ccc2ccccc2c1O)c1cccnc1. The molecule has 0 aliphatic carbocycles. The van der Waals surface area contributed by atoms with Crippen molar-refractivity contribution in [3.8, 4) is 5.75 Å².